The third-order valence-electron chi connectivity index (χ3n) is 12.2. The minimum atomic E-state index is -2.27. The summed E-state index contributed by atoms with van der Waals surface area (Å²) < 4.78 is 54.2. The molecule has 2 aliphatic heterocycles. The average Bonchev–Trinajstić information content (AvgIpc) is 3.30. The highest BCUT2D eigenvalue weighted by Gasteiger charge is 2.54. The maximum absolute atomic E-state index is 12.3. The van der Waals surface area contributed by atoms with E-state index >= 15 is 0 Å². The topological polar surface area (TPSA) is 114 Å². The fourth-order valence-electron chi connectivity index (χ4n) is 7.45. The molecule has 0 bridgehead atoms. The first kappa shape index (κ1) is 48.2. The van der Waals surface area contributed by atoms with E-state index in [1.807, 2.05) is 152 Å². The molecule has 0 aliphatic carbocycles. The lowest BCUT2D eigenvalue weighted by atomic mass is 9.96. The summed E-state index contributed by atoms with van der Waals surface area (Å²) >= 11 is 1.37. The fraction of sp³-hybridized carbons (Fsp3) is 0.423. The van der Waals surface area contributed by atoms with Gasteiger partial charge in [-0.15, -0.1) is 0 Å². The molecule has 342 valence electrons. The molecule has 7 rings (SSSR count). The second-order valence-electron chi connectivity index (χ2n) is 18.0. The van der Waals surface area contributed by atoms with Crippen LogP contribution in [0.3, 0.4) is 0 Å². The van der Waals surface area contributed by atoms with Crippen molar-refractivity contribution in [1.82, 2.24) is 0 Å². The third kappa shape index (κ3) is 13.2. The smallest absolute Gasteiger partial charge is 0.192 e. The van der Waals surface area contributed by atoms with Gasteiger partial charge in [-0.3, -0.25) is 0 Å². The van der Waals surface area contributed by atoms with E-state index in [0.717, 1.165) is 27.1 Å². The molecule has 0 radical (unpaired) electrons. The Morgan fingerprint density at radius 1 is 0.516 bits per heavy atom. The molecule has 12 heteroatoms. The van der Waals surface area contributed by atoms with Gasteiger partial charge in [0.05, 0.1) is 39.6 Å². The second kappa shape index (κ2) is 23.1. The molecule has 0 saturated carbocycles. The molecule has 64 heavy (non-hydrogen) atoms. The van der Waals surface area contributed by atoms with Gasteiger partial charge in [-0.1, -0.05) is 172 Å². The Balaban J connectivity index is 1.24. The molecule has 5 aromatic rings. The zero-order chi connectivity index (χ0) is 44.9. The normalized spacial score (nSPS) is 26.4. The Kier molecular flexibility index (Phi) is 17.4. The van der Waals surface area contributed by atoms with Gasteiger partial charge in [0.2, 0.25) is 0 Å². The predicted molar refractivity (Wildman–Crippen MR) is 251 cm³/mol. The van der Waals surface area contributed by atoms with E-state index < -0.39 is 68.9 Å². The number of benzene rings is 5. The first-order chi connectivity index (χ1) is 30.9. The lowest BCUT2D eigenvalue weighted by molar-refractivity contribution is -0.355. The zero-order valence-electron chi connectivity index (χ0n) is 37.5. The van der Waals surface area contributed by atoms with Crippen molar-refractivity contribution in [1.29, 1.82) is 0 Å². The van der Waals surface area contributed by atoms with Crippen molar-refractivity contribution in [2.75, 3.05) is 13.2 Å². The van der Waals surface area contributed by atoms with Gasteiger partial charge in [-0.2, -0.15) is 0 Å². The summed E-state index contributed by atoms with van der Waals surface area (Å²) in [5.41, 5.74) is 3.08. The Bertz CT molecular complexity index is 2080. The van der Waals surface area contributed by atoms with Crippen molar-refractivity contribution in [3.05, 3.63) is 174 Å². The predicted octanol–water partition coefficient (Wildman–Crippen LogP) is 9.33. The summed E-state index contributed by atoms with van der Waals surface area (Å²) in [7, 11) is -2.27. The van der Waals surface area contributed by atoms with Crippen molar-refractivity contribution in [3.8, 4) is 0 Å². The molecule has 10 atom stereocenters. The third-order valence-corrected chi connectivity index (χ3v) is 17.9. The number of hydrogen-bond acceptors (Lipinski definition) is 11. The monoisotopic (exact) mass is 908 g/mol. The highest BCUT2D eigenvalue weighted by molar-refractivity contribution is 7.99. The van der Waals surface area contributed by atoms with Gasteiger partial charge in [0.25, 0.3) is 0 Å². The van der Waals surface area contributed by atoms with Crippen LogP contribution in [0.4, 0.5) is 0 Å². The number of hydrogen-bond donors (Lipinski definition) is 2. The molecule has 2 aliphatic rings. The van der Waals surface area contributed by atoms with Crippen molar-refractivity contribution >= 4 is 20.1 Å². The van der Waals surface area contributed by atoms with Crippen LogP contribution in [0.5, 0.6) is 0 Å². The molecule has 0 amide bonds. The summed E-state index contributed by atoms with van der Waals surface area (Å²) in [5, 5.41) is 24.4. The average molecular weight is 909 g/mol. The highest BCUT2D eigenvalue weighted by atomic mass is 32.2. The van der Waals surface area contributed by atoms with E-state index in [2.05, 4.69) is 33.9 Å². The minimum Gasteiger partial charge on any atom is -0.414 e. The van der Waals surface area contributed by atoms with Gasteiger partial charge in [0.1, 0.15) is 54.3 Å². The van der Waals surface area contributed by atoms with E-state index in [9.17, 15) is 10.2 Å². The molecular formula is C52H64O10SSi. The van der Waals surface area contributed by atoms with Crippen molar-refractivity contribution in [3.63, 3.8) is 0 Å². The maximum Gasteiger partial charge on any atom is 0.192 e. The number of rotatable bonds is 20. The fourth-order valence-corrected chi connectivity index (χ4v) is 9.54. The van der Waals surface area contributed by atoms with Crippen LogP contribution in [-0.4, -0.2) is 92.3 Å². The van der Waals surface area contributed by atoms with Crippen LogP contribution < -0.4 is 0 Å². The van der Waals surface area contributed by atoms with Gasteiger partial charge in [0.15, 0.2) is 14.6 Å². The van der Waals surface area contributed by atoms with Gasteiger partial charge in [-0.25, -0.2) is 0 Å². The molecule has 5 aromatic carbocycles. The number of ether oxygens (including phenoxy) is 7. The van der Waals surface area contributed by atoms with Crippen LogP contribution >= 0.6 is 11.8 Å². The number of thioether (sulfide) groups is 1. The maximum atomic E-state index is 12.3. The van der Waals surface area contributed by atoms with Crippen molar-refractivity contribution < 1.29 is 47.8 Å². The van der Waals surface area contributed by atoms with Gasteiger partial charge >= 0.3 is 0 Å². The van der Waals surface area contributed by atoms with Crippen molar-refractivity contribution in [2.24, 2.45) is 0 Å². The number of aliphatic hydroxyl groups excluding tert-OH is 2. The Morgan fingerprint density at radius 3 is 1.47 bits per heavy atom. The van der Waals surface area contributed by atoms with Gasteiger partial charge < -0.3 is 47.8 Å². The molecule has 0 aromatic heterocycles. The first-order valence-corrected chi connectivity index (χ1v) is 26.0. The highest BCUT2D eigenvalue weighted by Crippen LogP contribution is 2.40. The summed E-state index contributed by atoms with van der Waals surface area (Å²) in [6.07, 6.45) is -8.85. The minimum absolute atomic E-state index is 0.0784. The van der Waals surface area contributed by atoms with E-state index in [-0.39, 0.29) is 38.1 Å². The van der Waals surface area contributed by atoms with Crippen LogP contribution in [0, 0.1) is 0 Å². The number of aliphatic hydroxyl groups is 2. The summed E-state index contributed by atoms with van der Waals surface area (Å²) in [4.78, 5) is 0.896. The molecule has 0 unspecified atom stereocenters. The molecule has 0 spiro atoms. The lowest BCUT2D eigenvalue weighted by Crippen LogP contribution is -2.65. The van der Waals surface area contributed by atoms with E-state index in [1.165, 1.54) is 11.8 Å². The molecule has 2 fully saturated rings. The van der Waals surface area contributed by atoms with Gasteiger partial charge in [0, 0.05) is 4.90 Å². The Hall–Kier alpha value is -3.73. The standard InChI is InChI=1S/C52H64O10SSi/c1-52(2,3)64(4,5)59-36-42-44(53)47(45(54)51(61-42)63-41-29-19-10-20-30-41)62-50-49(58-34-40-27-17-9-18-28-40)48(57-33-39-25-15-8-16-26-39)46(56-32-38-23-13-7-14-24-38)43(60-50)35-55-31-37-21-11-6-12-22-37/h6-30,42-51,53-54H,31-36H2,1-5H3/t42-,43-,44-,45+,46+,47+,48+,49-,50+,51-/m1/s1. The lowest BCUT2D eigenvalue weighted by Gasteiger charge is -2.49. The van der Waals surface area contributed by atoms with Crippen LogP contribution in [0.1, 0.15) is 43.0 Å². The Morgan fingerprint density at radius 2 is 0.969 bits per heavy atom. The largest absolute Gasteiger partial charge is 0.414 e. The molecule has 10 nitrogen and oxygen atoms in total. The summed E-state index contributed by atoms with van der Waals surface area (Å²) in [5.74, 6) is 0. The molecular weight excluding hydrogens is 845 g/mol. The second-order valence-corrected chi connectivity index (χ2v) is 23.9. The van der Waals surface area contributed by atoms with E-state index in [4.69, 9.17) is 37.6 Å². The molecule has 2 N–H and O–H groups in total. The van der Waals surface area contributed by atoms with Crippen LogP contribution in [-0.2, 0) is 64.0 Å². The molecule has 2 heterocycles. The summed E-state index contributed by atoms with van der Waals surface area (Å²) in [6, 6.07) is 49.5. The zero-order valence-corrected chi connectivity index (χ0v) is 39.3. The molecule has 2 saturated heterocycles. The van der Waals surface area contributed by atoms with Gasteiger partial charge in [-0.05, 0) is 52.5 Å². The SMILES string of the molecule is CC(C)(C)[Si](C)(C)OC[C@H]1O[C@H](Sc2ccccc2)[C@@H](O)[C@@H](O[C@@H]2O[C@H](COCc3ccccc3)[C@H](OCc3ccccc3)[C@H](OCc3ccccc3)[C@H]2OCc2ccccc2)[C@@H]1O. The van der Waals surface area contributed by atoms with Crippen LogP contribution in [0.15, 0.2) is 157 Å². The van der Waals surface area contributed by atoms with Crippen LogP contribution in [0.25, 0.3) is 0 Å². The Labute approximate surface area is 384 Å². The van der Waals surface area contributed by atoms with Crippen molar-refractivity contribution in [2.45, 2.75) is 131 Å². The quantitative estimate of drug-likeness (QED) is 0.0729. The van der Waals surface area contributed by atoms with E-state index in [0.29, 0.717) is 6.61 Å². The van der Waals surface area contributed by atoms with E-state index in [1.54, 1.807) is 0 Å². The van der Waals surface area contributed by atoms with Crippen LogP contribution in [0.2, 0.25) is 18.1 Å². The summed E-state index contributed by atoms with van der Waals surface area (Å²) in [6.45, 7) is 12.1. The first-order valence-electron chi connectivity index (χ1n) is 22.2.